The van der Waals surface area contributed by atoms with E-state index >= 15 is 0 Å². The zero-order valence-electron chi connectivity index (χ0n) is 19.3. The first-order valence-electron chi connectivity index (χ1n) is 11.6. The fourth-order valence-corrected chi connectivity index (χ4v) is 4.84. The maximum Gasteiger partial charge on any atom is 0.407 e. The van der Waals surface area contributed by atoms with Gasteiger partial charge in [0.1, 0.15) is 18.2 Å². The summed E-state index contributed by atoms with van der Waals surface area (Å²) in [7, 11) is 0. The Morgan fingerprint density at radius 3 is 1.97 bits per heavy atom. The second-order valence-electron chi connectivity index (χ2n) is 8.78. The molecule has 36 heavy (non-hydrogen) atoms. The highest BCUT2D eigenvalue weighted by atomic mass is 35.5. The molecule has 190 valence electrons. The topological polar surface area (TPSA) is 61.8 Å². The average molecular weight is 535 g/mol. The van der Waals surface area contributed by atoms with Crippen LogP contribution in [0.15, 0.2) is 66.7 Å². The number of nitrogens with zero attached hydrogens (tertiary/aromatic N) is 1. The highest BCUT2D eigenvalue weighted by molar-refractivity contribution is 6.30. The molecule has 1 aliphatic rings. The standard InChI is InChI=1S/C27H26Cl2F2N2O3/c28-21-5-1-17(2-6-21)26(18-3-7-22(29)8-4-18)33-14-20(15-33)25(16-36-27(35)32-9-10-34)19-11-23(30)13-24(31)12-19/h1-8,11-13,20,25-26,34H,9-10,14-16H2,(H,32,35). The molecule has 0 aromatic heterocycles. The Bertz CT molecular complexity index is 1110. The van der Waals surface area contributed by atoms with Gasteiger partial charge in [0.25, 0.3) is 0 Å². The predicted molar refractivity (Wildman–Crippen MR) is 135 cm³/mol. The number of carbonyl (C=O) groups is 1. The quantitative estimate of drug-likeness (QED) is 0.364. The molecular formula is C27H26Cl2F2N2O3. The lowest BCUT2D eigenvalue weighted by Gasteiger charge is -2.47. The van der Waals surface area contributed by atoms with E-state index in [0.29, 0.717) is 28.7 Å². The van der Waals surface area contributed by atoms with Gasteiger partial charge in [0, 0.05) is 41.7 Å². The van der Waals surface area contributed by atoms with Crippen molar-refractivity contribution in [2.75, 3.05) is 32.8 Å². The van der Waals surface area contributed by atoms with E-state index in [4.69, 9.17) is 33.0 Å². The van der Waals surface area contributed by atoms with Crippen LogP contribution in [0.3, 0.4) is 0 Å². The van der Waals surface area contributed by atoms with Crippen molar-refractivity contribution in [1.82, 2.24) is 10.2 Å². The van der Waals surface area contributed by atoms with Crippen molar-refractivity contribution in [1.29, 1.82) is 0 Å². The minimum absolute atomic E-state index is 0.0149. The molecule has 0 radical (unpaired) electrons. The van der Waals surface area contributed by atoms with Crippen LogP contribution in [0.4, 0.5) is 13.6 Å². The molecule has 0 spiro atoms. The molecule has 1 atom stereocenters. The first-order valence-corrected chi connectivity index (χ1v) is 12.3. The van der Waals surface area contributed by atoms with Crippen molar-refractivity contribution in [2.24, 2.45) is 5.92 Å². The number of rotatable bonds is 9. The van der Waals surface area contributed by atoms with Gasteiger partial charge < -0.3 is 15.2 Å². The van der Waals surface area contributed by atoms with Crippen molar-refractivity contribution >= 4 is 29.3 Å². The van der Waals surface area contributed by atoms with E-state index in [-0.39, 0.29) is 31.7 Å². The van der Waals surface area contributed by atoms with Crippen molar-refractivity contribution in [3.8, 4) is 0 Å². The smallest absolute Gasteiger partial charge is 0.407 e. The molecule has 1 unspecified atom stereocenters. The van der Waals surface area contributed by atoms with E-state index in [1.165, 1.54) is 12.1 Å². The molecule has 1 saturated heterocycles. The van der Waals surface area contributed by atoms with Crippen LogP contribution in [-0.2, 0) is 4.74 Å². The Hall–Kier alpha value is -2.71. The van der Waals surface area contributed by atoms with E-state index in [0.717, 1.165) is 17.2 Å². The van der Waals surface area contributed by atoms with Gasteiger partial charge in [0.05, 0.1) is 12.6 Å². The third kappa shape index (κ3) is 6.53. The number of ether oxygens (including phenoxy) is 1. The van der Waals surface area contributed by atoms with Gasteiger partial charge in [-0.05, 0) is 59.0 Å². The van der Waals surface area contributed by atoms with Gasteiger partial charge in [-0.15, -0.1) is 0 Å². The Labute approximate surface area is 218 Å². The summed E-state index contributed by atoms with van der Waals surface area (Å²) in [4.78, 5) is 14.2. The van der Waals surface area contributed by atoms with Crippen LogP contribution < -0.4 is 5.32 Å². The van der Waals surface area contributed by atoms with E-state index < -0.39 is 23.6 Å². The molecule has 3 aromatic rings. The van der Waals surface area contributed by atoms with E-state index in [2.05, 4.69) is 10.2 Å². The number of likely N-dealkylation sites (tertiary alicyclic amines) is 1. The average Bonchev–Trinajstić information content (AvgIpc) is 2.82. The maximum absolute atomic E-state index is 14.0. The van der Waals surface area contributed by atoms with Crippen LogP contribution in [0.5, 0.6) is 0 Å². The molecule has 1 fully saturated rings. The van der Waals surface area contributed by atoms with Gasteiger partial charge in [-0.3, -0.25) is 4.90 Å². The molecule has 3 aromatic carbocycles. The second-order valence-corrected chi connectivity index (χ2v) is 9.65. The molecular weight excluding hydrogens is 509 g/mol. The third-order valence-electron chi connectivity index (χ3n) is 6.33. The van der Waals surface area contributed by atoms with Crippen molar-refractivity contribution in [3.05, 3.63) is 105 Å². The lowest BCUT2D eigenvalue weighted by atomic mass is 9.79. The number of aliphatic hydroxyl groups is 1. The number of carbonyl (C=O) groups excluding carboxylic acids is 1. The van der Waals surface area contributed by atoms with E-state index in [1.54, 1.807) is 0 Å². The van der Waals surface area contributed by atoms with Gasteiger partial charge in [0.15, 0.2) is 0 Å². The van der Waals surface area contributed by atoms with Crippen LogP contribution >= 0.6 is 23.2 Å². The zero-order valence-corrected chi connectivity index (χ0v) is 20.9. The molecule has 4 rings (SSSR count). The van der Waals surface area contributed by atoms with Gasteiger partial charge in [-0.2, -0.15) is 0 Å². The number of benzene rings is 3. The fourth-order valence-electron chi connectivity index (χ4n) is 4.59. The number of aliphatic hydroxyl groups excluding tert-OH is 1. The lowest BCUT2D eigenvalue weighted by Crippen LogP contribution is -2.52. The summed E-state index contributed by atoms with van der Waals surface area (Å²) in [5.41, 5.74) is 2.53. The SMILES string of the molecule is O=C(NCCO)OCC(c1cc(F)cc(F)c1)C1CN(C(c2ccc(Cl)cc2)c2ccc(Cl)cc2)C1. The number of hydrogen-bond donors (Lipinski definition) is 2. The highest BCUT2D eigenvalue weighted by Gasteiger charge is 2.39. The molecule has 1 heterocycles. The van der Waals surface area contributed by atoms with Crippen LogP contribution in [0.1, 0.15) is 28.7 Å². The summed E-state index contributed by atoms with van der Waals surface area (Å²) in [6, 6.07) is 18.6. The summed E-state index contributed by atoms with van der Waals surface area (Å²) in [6.45, 7) is 1.01. The summed E-state index contributed by atoms with van der Waals surface area (Å²) in [5, 5.41) is 12.6. The molecule has 1 aliphatic heterocycles. The number of alkyl carbamates (subject to hydrolysis) is 1. The monoisotopic (exact) mass is 534 g/mol. The number of nitrogens with one attached hydrogen (secondary N) is 1. The zero-order chi connectivity index (χ0) is 25.7. The molecule has 0 bridgehead atoms. The number of halogens is 4. The van der Waals surface area contributed by atoms with Crippen molar-refractivity contribution in [2.45, 2.75) is 12.0 Å². The van der Waals surface area contributed by atoms with Gasteiger partial charge in [-0.1, -0.05) is 47.5 Å². The Morgan fingerprint density at radius 2 is 1.47 bits per heavy atom. The van der Waals surface area contributed by atoms with Gasteiger partial charge >= 0.3 is 6.09 Å². The van der Waals surface area contributed by atoms with Crippen LogP contribution in [0.2, 0.25) is 10.0 Å². The largest absolute Gasteiger partial charge is 0.449 e. The minimum Gasteiger partial charge on any atom is -0.449 e. The van der Waals surface area contributed by atoms with Crippen LogP contribution in [0.25, 0.3) is 0 Å². The van der Waals surface area contributed by atoms with Gasteiger partial charge in [-0.25, -0.2) is 13.6 Å². The molecule has 2 N–H and O–H groups in total. The molecule has 1 amide bonds. The molecule has 0 saturated carbocycles. The molecule has 9 heteroatoms. The summed E-state index contributed by atoms with van der Waals surface area (Å²) >= 11 is 12.2. The normalized spacial score (nSPS) is 14.9. The van der Waals surface area contributed by atoms with E-state index in [9.17, 15) is 13.6 Å². The minimum atomic E-state index is -0.692. The molecule has 5 nitrogen and oxygen atoms in total. The van der Waals surface area contributed by atoms with Crippen molar-refractivity contribution in [3.63, 3.8) is 0 Å². The van der Waals surface area contributed by atoms with E-state index in [1.807, 2.05) is 48.5 Å². The predicted octanol–water partition coefficient (Wildman–Crippen LogP) is 5.80. The first kappa shape index (κ1) is 26.4. The van der Waals surface area contributed by atoms with Crippen molar-refractivity contribution < 1.29 is 23.4 Å². The maximum atomic E-state index is 14.0. The Kier molecular flexibility index (Phi) is 8.80. The Morgan fingerprint density at radius 1 is 0.944 bits per heavy atom. The number of hydrogen-bond acceptors (Lipinski definition) is 4. The summed E-state index contributed by atoms with van der Waals surface area (Å²) in [5.74, 6) is -1.80. The van der Waals surface area contributed by atoms with Gasteiger partial charge in [0.2, 0.25) is 0 Å². The second kappa shape index (κ2) is 12.0. The highest BCUT2D eigenvalue weighted by Crippen LogP contribution is 2.40. The summed E-state index contributed by atoms with van der Waals surface area (Å²) in [6.07, 6.45) is -0.692. The lowest BCUT2D eigenvalue weighted by molar-refractivity contribution is 0.0318. The third-order valence-corrected chi connectivity index (χ3v) is 6.84. The Balaban J connectivity index is 1.55. The number of amides is 1. The fraction of sp³-hybridized carbons (Fsp3) is 0.296. The molecule has 0 aliphatic carbocycles. The first-order chi connectivity index (χ1) is 17.3. The van der Waals surface area contributed by atoms with Crippen LogP contribution in [-0.4, -0.2) is 48.9 Å². The van der Waals surface area contributed by atoms with Crippen LogP contribution in [0, 0.1) is 17.6 Å². The summed E-state index contributed by atoms with van der Waals surface area (Å²) < 4.78 is 33.4.